The molecule has 0 aliphatic carbocycles. The molecule has 0 aromatic rings. The molecule has 106 valence electrons. The third-order valence-electron chi connectivity index (χ3n) is 3.88. The fourth-order valence-electron chi connectivity index (χ4n) is 2.92. The zero-order valence-electron chi connectivity index (χ0n) is 12.5. The SMILES string of the molecule is CC(C)CC(C)NC(=O)CC(C)C1CCCNC1. The van der Waals surface area contributed by atoms with Gasteiger partial charge in [0.05, 0.1) is 0 Å². The fourth-order valence-corrected chi connectivity index (χ4v) is 2.92. The number of hydrogen-bond donors (Lipinski definition) is 2. The Bertz CT molecular complexity index is 247. The Labute approximate surface area is 112 Å². The predicted octanol–water partition coefficient (Wildman–Crippen LogP) is 2.56. The Morgan fingerprint density at radius 1 is 1.33 bits per heavy atom. The van der Waals surface area contributed by atoms with Crippen LogP contribution in [0.15, 0.2) is 0 Å². The van der Waals surface area contributed by atoms with Crippen molar-refractivity contribution in [3.63, 3.8) is 0 Å². The number of carbonyl (C=O) groups excluding carboxylic acids is 1. The van der Waals surface area contributed by atoms with Crippen LogP contribution in [0.25, 0.3) is 0 Å². The van der Waals surface area contributed by atoms with Gasteiger partial charge < -0.3 is 10.6 Å². The molecule has 1 aliphatic rings. The maximum absolute atomic E-state index is 12.0. The van der Waals surface area contributed by atoms with Gasteiger partial charge in [-0.2, -0.15) is 0 Å². The molecule has 0 bridgehead atoms. The van der Waals surface area contributed by atoms with Crippen LogP contribution in [0, 0.1) is 17.8 Å². The second-order valence-corrected chi connectivity index (χ2v) is 6.39. The molecule has 3 nitrogen and oxygen atoms in total. The molecule has 2 N–H and O–H groups in total. The summed E-state index contributed by atoms with van der Waals surface area (Å²) in [6.07, 6.45) is 4.25. The highest BCUT2D eigenvalue weighted by Gasteiger charge is 2.22. The van der Waals surface area contributed by atoms with Crippen LogP contribution in [0.5, 0.6) is 0 Å². The van der Waals surface area contributed by atoms with Crippen molar-refractivity contribution < 1.29 is 4.79 Å². The summed E-state index contributed by atoms with van der Waals surface area (Å²) in [7, 11) is 0. The van der Waals surface area contributed by atoms with Gasteiger partial charge in [0.2, 0.25) is 5.91 Å². The predicted molar refractivity (Wildman–Crippen MR) is 76.4 cm³/mol. The number of carbonyl (C=O) groups is 1. The van der Waals surface area contributed by atoms with Gasteiger partial charge in [-0.1, -0.05) is 20.8 Å². The Morgan fingerprint density at radius 3 is 2.61 bits per heavy atom. The molecular formula is C15H30N2O. The molecule has 3 heteroatoms. The lowest BCUT2D eigenvalue weighted by atomic mass is 9.85. The van der Waals surface area contributed by atoms with E-state index in [1.807, 2.05) is 0 Å². The minimum atomic E-state index is 0.223. The molecule has 0 saturated carbocycles. The summed E-state index contributed by atoms with van der Waals surface area (Å²) >= 11 is 0. The highest BCUT2D eigenvalue weighted by atomic mass is 16.1. The lowest BCUT2D eigenvalue weighted by Gasteiger charge is -2.28. The van der Waals surface area contributed by atoms with Gasteiger partial charge in [0, 0.05) is 12.5 Å². The van der Waals surface area contributed by atoms with Crippen molar-refractivity contribution in [2.24, 2.45) is 17.8 Å². The number of hydrogen-bond acceptors (Lipinski definition) is 2. The summed E-state index contributed by atoms with van der Waals surface area (Å²) in [6.45, 7) is 10.9. The van der Waals surface area contributed by atoms with Crippen LogP contribution in [0.1, 0.15) is 53.4 Å². The van der Waals surface area contributed by atoms with E-state index < -0.39 is 0 Å². The van der Waals surface area contributed by atoms with E-state index >= 15 is 0 Å². The third kappa shape index (κ3) is 5.85. The zero-order chi connectivity index (χ0) is 13.5. The smallest absolute Gasteiger partial charge is 0.220 e. The Balaban J connectivity index is 2.25. The van der Waals surface area contributed by atoms with Gasteiger partial charge in [-0.25, -0.2) is 0 Å². The van der Waals surface area contributed by atoms with Crippen LogP contribution in [-0.2, 0) is 4.79 Å². The summed E-state index contributed by atoms with van der Waals surface area (Å²) in [6, 6.07) is 0.300. The van der Waals surface area contributed by atoms with Gasteiger partial charge >= 0.3 is 0 Å². The minimum absolute atomic E-state index is 0.223. The van der Waals surface area contributed by atoms with Gasteiger partial charge in [0.15, 0.2) is 0 Å². The number of nitrogens with one attached hydrogen (secondary N) is 2. The third-order valence-corrected chi connectivity index (χ3v) is 3.88. The van der Waals surface area contributed by atoms with Crippen molar-refractivity contribution in [3.05, 3.63) is 0 Å². The van der Waals surface area contributed by atoms with Crippen molar-refractivity contribution >= 4 is 5.91 Å². The molecule has 1 saturated heterocycles. The van der Waals surface area contributed by atoms with Crippen LogP contribution in [0.2, 0.25) is 0 Å². The maximum atomic E-state index is 12.0. The van der Waals surface area contributed by atoms with Gasteiger partial charge in [0.1, 0.15) is 0 Å². The van der Waals surface area contributed by atoms with Crippen LogP contribution in [-0.4, -0.2) is 25.0 Å². The number of piperidine rings is 1. The Kier molecular flexibility index (Phi) is 6.69. The van der Waals surface area contributed by atoms with E-state index in [0.717, 1.165) is 19.5 Å². The molecule has 18 heavy (non-hydrogen) atoms. The standard InChI is InChI=1S/C15H30N2O/c1-11(2)8-13(4)17-15(18)9-12(3)14-6-5-7-16-10-14/h11-14,16H,5-10H2,1-4H3,(H,17,18). The van der Waals surface area contributed by atoms with Crippen LogP contribution >= 0.6 is 0 Å². The van der Waals surface area contributed by atoms with Crippen LogP contribution in [0.3, 0.4) is 0 Å². The van der Waals surface area contributed by atoms with Gasteiger partial charge in [-0.3, -0.25) is 4.79 Å². The topological polar surface area (TPSA) is 41.1 Å². The lowest BCUT2D eigenvalue weighted by molar-refractivity contribution is -0.123. The summed E-state index contributed by atoms with van der Waals surface area (Å²) in [5, 5.41) is 6.55. The lowest BCUT2D eigenvalue weighted by Crippen LogP contribution is -2.38. The molecule has 1 heterocycles. The average molecular weight is 254 g/mol. The van der Waals surface area contributed by atoms with Crippen molar-refractivity contribution in [2.45, 2.75) is 59.4 Å². The monoisotopic (exact) mass is 254 g/mol. The van der Waals surface area contributed by atoms with E-state index in [4.69, 9.17) is 0 Å². The van der Waals surface area contributed by atoms with Crippen molar-refractivity contribution in [2.75, 3.05) is 13.1 Å². The quantitative estimate of drug-likeness (QED) is 0.765. The van der Waals surface area contributed by atoms with Gasteiger partial charge in [0.25, 0.3) is 0 Å². The van der Waals surface area contributed by atoms with E-state index in [-0.39, 0.29) is 5.91 Å². The second kappa shape index (κ2) is 7.78. The van der Waals surface area contributed by atoms with E-state index in [9.17, 15) is 4.79 Å². The van der Waals surface area contributed by atoms with Crippen molar-refractivity contribution in [3.8, 4) is 0 Å². The highest BCUT2D eigenvalue weighted by Crippen LogP contribution is 2.22. The molecule has 1 fully saturated rings. The van der Waals surface area contributed by atoms with Crippen LogP contribution < -0.4 is 10.6 Å². The molecule has 3 atom stereocenters. The van der Waals surface area contributed by atoms with Gasteiger partial charge in [-0.15, -0.1) is 0 Å². The van der Waals surface area contributed by atoms with E-state index in [1.54, 1.807) is 0 Å². The first-order chi connectivity index (χ1) is 8.49. The molecular weight excluding hydrogens is 224 g/mol. The highest BCUT2D eigenvalue weighted by molar-refractivity contribution is 5.76. The Morgan fingerprint density at radius 2 is 2.06 bits per heavy atom. The average Bonchev–Trinajstić information content (AvgIpc) is 2.28. The van der Waals surface area contributed by atoms with Gasteiger partial charge in [-0.05, 0) is 57.0 Å². The molecule has 1 amide bonds. The summed E-state index contributed by atoms with van der Waals surface area (Å²) < 4.78 is 0. The summed E-state index contributed by atoms with van der Waals surface area (Å²) in [4.78, 5) is 12.0. The van der Waals surface area contributed by atoms with Crippen molar-refractivity contribution in [1.82, 2.24) is 10.6 Å². The normalized spacial score (nSPS) is 23.7. The van der Waals surface area contributed by atoms with E-state index in [0.29, 0.717) is 30.2 Å². The Hall–Kier alpha value is -0.570. The molecule has 0 aromatic heterocycles. The fraction of sp³-hybridized carbons (Fsp3) is 0.933. The second-order valence-electron chi connectivity index (χ2n) is 6.39. The maximum Gasteiger partial charge on any atom is 0.220 e. The largest absolute Gasteiger partial charge is 0.354 e. The van der Waals surface area contributed by atoms with E-state index in [2.05, 4.69) is 38.3 Å². The van der Waals surface area contributed by atoms with Crippen molar-refractivity contribution in [1.29, 1.82) is 0 Å². The molecule has 0 spiro atoms. The summed E-state index contributed by atoms with van der Waals surface area (Å²) in [5.41, 5.74) is 0. The molecule has 1 rings (SSSR count). The molecule has 0 aromatic carbocycles. The first-order valence-electron chi connectivity index (χ1n) is 7.49. The molecule has 1 aliphatic heterocycles. The first kappa shape index (κ1) is 15.5. The number of rotatable bonds is 6. The molecule has 3 unspecified atom stereocenters. The van der Waals surface area contributed by atoms with E-state index in [1.165, 1.54) is 12.8 Å². The number of amides is 1. The first-order valence-corrected chi connectivity index (χ1v) is 7.49. The zero-order valence-corrected chi connectivity index (χ0v) is 12.5. The summed E-state index contributed by atoms with van der Waals surface area (Å²) in [5.74, 6) is 2.02. The van der Waals surface area contributed by atoms with Crippen LogP contribution in [0.4, 0.5) is 0 Å². The molecule has 0 radical (unpaired) electrons. The minimum Gasteiger partial charge on any atom is -0.354 e.